The second kappa shape index (κ2) is 52.0. The summed E-state index contributed by atoms with van der Waals surface area (Å²) >= 11 is 0. The molecule has 0 aliphatic carbocycles. The number of rotatable bonds is 49. The molecule has 0 spiro atoms. The van der Waals surface area contributed by atoms with Crippen LogP contribution in [0.15, 0.2) is 394 Å². The molecular formula is C115H120O21. The Balaban J connectivity index is 0.823. The maximum absolute atomic E-state index is 12.7. The number of aliphatic hydroxyl groups excluding tert-OH is 1. The Bertz CT molecular complexity index is 5450. The highest BCUT2D eigenvalue weighted by Crippen LogP contribution is 2.42. The van der Waals surface area contributed by atoms with Gasteiger partial charge in [-0.15, -0.1) is 0 Å². The van der Waals surface area contributed by atoms with E-state index in [1.165, 1.54) is 0 Å². The monoisotopic (exact) mass is 1840 g/mol. The van der Waals surface area contributed by atoms with Gasteiger partial charge in [-0.1, -0.05) is 394 Å². The van der Waals surface area contributed by atoms with Gasteiger partial charge in [0.05, 0.1) is 112 Å². The number of ether oxygens (including phenoxy) is 20. The highest BCUT2D eigenvalue weighted by molar-refractivity contribution is 5.24. The van der Waals surface area contributed by atoms with Gasteiger partial charge in [-0.25, -0.2) is 0 Å². The Kier molecular flexibility index (Phi) is 37.0. The molecule has 21 heteroatoms. The van der Waals surface area contributed by atoms with Crippen LogP contribution in [0.1, 0.15) is 72.3 Å². The summed E-state index contributed by atoms with van der Waals surface area (Å²) in [5, 5.41) is 12.7. The molecule has 4 saturated heterocycles. The van der Waals surface area contributed by atoms with Gasteiger partial charge in [0.1, 0.15) is 97.7 Å². The van der Waals surface area contributed by atoms with Crippen molar-refractivity contribution in [2.75, 3.05) is 26.4 Å². The number of hydrogen-bond acceptors (Lipinski definition) is 21. The van der Waals surface area contributed by atoms with Crippen molar-refractivity contribution in [3.63, 3.8) is 0 Å². The lowest BCUT2D eigenvalue weighted by Crippen LogP contribution is -2.69. The first-order valence-corrected chi connectivity index (χ1v) is 47.0. The van der Waals surface area contributed by atoms with Gasteiger partial charge >= 0.3 is 0 Å². The van der Waals surface area contributed by atoms with Crippen LogP contribution in [0.2, 0.25) is 0 Å². The van der Waals surface area contributed by atoms with Crippen LogP contribution in [0.4, 0.5) is 0 Å². The summed E-state index contributed by atoms with van der Waals surface area (Å²) in [6.07, 6.45) is -23.7. The lowest BCUT2D eigenvalue weighted by molar-refractivity contribution is -0.403. The lowest BCUT2D eigenvalue weighted by Gasteiger charge is -2.52. The molecule has 0 saturated carbocycles. The van der Waals surface area contributed by atoms with E-state index in [4.69, 9.17) is 94.7 Å². The summed E-state index contributed by atoms with van der Waals surface area (Å²) < 4.78 is 149. The molecule has 706 valence electrons. The van der Waals surface area contributed by atoms with Crippen molar-refractivity contribution in [2.45, 2.75) is 209 Å². The van der Waals surface area contributed by atoms with Gasteiger partial charge in [-0.3, -0.25) is 0 Å². The van der Waals surface area contributed by atoms with E-state index in [0.29, 0.717) is 0 Å². The van der Waals surface area contributed by atoms with Crippen LogP contribution in [-0.2, 0) is 181 Å². The van der Waals surface area contributed by atoms with Crippen molar-refractivity contribution in [3.8, 4) is 0 Å². The van der Waals surface area contributed by atoms with Crippen LogP contribution in [0.5, 0.6) is 0 Å². The SMILES string of the molecule is O[C@@H]1O[C@H](COCc2ccccc2)[C@@H](O[C@H]2O[C@H](COCc3ccccc3)[C@@H](O[C@H]3O[C@H](COCc4ccccc4)[C@@H](OCc4ccccc4)[C@H](O[C@H]4O[C@H](COCc5ccccc5)[C@@H](OCc5ccccc5)[C@H](OCc5ccccc5)[C@H]4OCc4ccccc4)[C@H]3OCc3ccccc3)[C@H](OCc3ccccc3)[C@H]2OCc2ccccc2)[C@H](OCc2ccccc2)[C@H]1OCc1ccccc1. The number of benzene rings is 13. The van der Waals surface area contributed by atoms with E-state index in [9.17, 15) is 5.11 Å². The highest BCUT2D eigenvalue weighted by Gasteiger charge is 2.59. The lowest BCUT2D eigenvalue weighted by atomic mass is 9.94. The Morgan fingerprint density at radius 3 is 0.544 bits per heavy atom. The van der Waals surface area contributed by atoms with Crippen molar-refractivity contribution in [1.29, 1.82) is 0 Å². The second-order valence-electron chi connectivity index (χ2n) is 34.3. The van der Waals surface area contributed by atoms with Crippen LogP contribution in [0.25, 0.3) is 0 Å². The predicted molar refractivity (Wildman–Crippen MR) is 511 cm³/mol. The standard InChI is InChI=1S/C115H120O21/c116-112-108(126-75-92-58-32-10-33-59-92)105(124-73-90-54-28-8-29-55-90)102(98(130-112)81-119-68-85-44-18-3-19-45-85)134-113-110(128-77-94-62-36-12-37-63-94)106(125-74-91-56-30-9-31-57-91)103(99(133-113)82-120-69-86-46-20-4-21-47-86)135-115-111(129-78-95-64-38-13-39-65-95)107(101(122-71-88-50-24-6-25-51-88)97(132-115)80-118-67-84-42-16-2-17-43-84)136-114-109(127-76-93-60-34-11-35-61-93)104(123-72-89-52-26-7-27-53-89)100(121-70-87-48-22-5-23-49-87)96(131-114)79-117-66-83-40-14-1-15-41-83/h1-65,96-116H,66-82H2/t96-,97-,98-,99-,100-,101-,102-,103-,104+,105+,106+,107+,108-,109-,110-,111-,112-,113-,114-,115-/m1/s1. The zero-order valence-corrected chi connectivity index (χ0v) is 76.2. The third kappa shape index (κ3) is 28.4. The Morgan fingerprint density at radius 1 is 0.154 bits per heavy atom. The maximum atomic E-state index is 12.7. The molecule has 0 radical (unpaired) electrons. The van der Waals surface area contributed by atoms with Crippen LogP contribution in [-0.4, -0.2) is 154 Å². The van der Waals surface area contributed by atoms with E-state index in [0.717, 1.165) is 72.3 Å². The minimum absolute atomic E-state index is 0.00180. The van der Waals surface area contributed by atoms with Crippen LogP contribution < -0.4 is 0 Å². The number of hydrogen-bond donors (Lipinski definition) is 1. The summed E-state index contributed by atoms with van der Waals surface area (Å²) in [4.78, 5) is 0. The molecule has 13 aromatic rings. The third-order valence-electron chi connectivity index (χ3n) is 24.4. The molecule has 0 aromatic heterocycles. The van der Waals surface area contributed by atoms with Crippen molar-refractivity contribution >= 4 is 0 Å². The second-order valence-corrected chi connectivity index (χ2v) is 34.3. The van der Waals surface area contributed by atoms with Gasteiger partial charge in [0.15, 0.2) is 25.2 Å². The predicted octanol–water partition coefficient (Wildman–Crippen LogP) is 19.2. The average molecular weight is 1840 g/mol. The zero-order chi connectivity index (χ0) is 92.2. The molecule has 4 aliphatic heterocycles. The molecule has 17 rings (SSSR count). The topological polar surface area (TPSA) is 205 Å². The molecule has 13 aromatic carbocycles. The molecule has 4 aliphatic rings. The fraction of sp³-hybridized carbons (Fsp3) is 0.322. The Hall–Kier alpha value is -11.0. The van der Waals surface area contributed by atoms with Crippen molar-refractivity contribution < 1.29 is 99.8 Å². The average Bonchev–Trinajstić information content (AvgIpc) is 0.747. The molecule has 1 N–H and O–H groups in total. The van der Waals surface area contributed by atoms with Gasteiger partial charge in [0.2, 0.25) is 0 Å². The van der Waals surface area contributed by atoms with E-state index in [1.54, 1.807) is 0 Å². The van der Waals surface area contributed by atoms with E-state index >= 15 is 0 Å². The summed E-state index contributed by atoms with van der Waals surface area (Å²) in [5.41, 5.74) is 11.5. The molecule has 0 unspecified atom stereocenters. The Morgan fingerprint density at radius 2 is 0.309 bits per heavy atom. The van der Waals surface area contributed by atoms with Crippen LogP contribution in [0, 0.1) is 0 Å². The summed E-state index contributed by atoms with van der Waals surface area (Å²) in [7, 11) is 0. The summed E-state index contributed by atoms with van der Waals surface area (Å²) in [6.45, 7) is 1.18. The smallest absolute Gasteiger partial charge is 0.187 e. The van der Waals surface area contributed by atoms with Gasteiger partial charge < -0.3 is 99.8 Å². The zero-order valence-electron chi connectivity index (χ0n) is 76.2. The normalized spacial score (nSPS) is 25.1. The van der Waals surface area contributed by atoms with E-state index < -0.39 is 123 Å². The minimum atomic E-state index is -1.55. The van der Waals surface area contributed by atoms with Crippen molar-refractivity contribution in [2.24, 2.45) is 0 Å². The molecule has 136 heavy (non-hydrogen) atoms. The number of aliphatic hydroxyl groups is 1. The summed E-state index contributed by atoms with van der Waals surface area (Å²) in [5.74, 6) is 0. The molecular weight excluding hydrogens is 1720 g/mol. The summed E-state index contributed by atoms with van der Waals surface area (Å²) in [6, 6.07) is 129. The van der Waals surface area contributed by atoms with Crippen LogP contribution >= 0.6 is 0 Å². The minimum Gasteiger partial charge on any atom is -0.374 e. The first kappa shape index (κ1) is 96.7. The largest absolute Gasteiger partial charge is 0.374 e. The van der Waals surface area contributed by atoms with E-state index in [1.807, 2.05) is 394 Å². The molecule has 4 fully saturated rings. The van der Waals surface area contributed by atoms with E-state index in [2.05, 4.69) is 0 Å². The molecule has 0 bridgehead atoms. The molecule has 21 nitrogen and oxygen atoms in total. The van der Waals surface area contributed by atoms with Gasteiger partial charge in [0.25, 0.3) is 0 Å². The Labute approximate surface area is 797 Å². The highest BCUT2D eigenvalue weighted by atomic mass is 16.8. The van der Waals surface area contributed by atoms with Gasteiger partial charge in [-0.2, -0.15) is 0 Å². The maximum Gasteiger partial charge on any atom is 0.187 e. The van der Waals surface area contributed by atoms with Gasteiger partial charge in [0, 0.05) is 0 Å². The third-order valence-corrected chi connectivity index (χ3v) is 24.4. The van der Waals surface area contributed by atoms with Gasteiger partial charge in [-0.05, 0) is 72.3 Å². The van der Waals surface area contributed by atoms with Crippen molar-refractivity contribution in [1.82, 2.24) is 0 Å². The molecule has 0 amide bonds. The molecule has 4 heterocycles. The van der Waals surface area contributed by atoms with Crippen LogP contribution in [0.3, 0.4) is 0 Å². The fourth-order valence-corrected chi connectivity index (χ4v) is 17.4. The fourth-order valence-electron chi connectivity index (χ4n) is 17.4. The quantitative estimate of drug-likeness (QED) is 0.0376. The first-order valence-electron chi connectivity index (χ1n) is 47.0. The first-order chi connectivity index (χ1) is 67.4. The molecule has 20 atom stereocenters. The van der Waals surface area contributed by atoms with E-state index in [-0.39, 0.29) is 112 Å². The van der Waals surface area contributed by atoms with Crippen molar-refractivity contribution in [3.05, 3.63) is 467 Å².